The molecule has 5 nitrogen and oxygen atoms in total. The first kappa shape index (κ1) is 18.7. The number of hydrogen-bond donors (Lipinski definition) is 1. The number of rotatable bonds is 6. The maximum absolute atomic E-state index is 13.6. The topological polar surface area (TPSA) is 64.6 Å². The van der Waals surface area contributed by atoms with Gasteiger partial charge in [-0.05, 0) is 36.8 Å². The van der Waals surface area contributed by atoms with E-state index in [0.29, 0.717) is 5.56 Å². The number of amides is 1. The highest BCUT2D eigenvalue weighted by molar-refractivity contribution is 6.33. The van der Waals surface area contributed by atoms with Gasteiger partial charge in [0.05, 0.1) is 17.7 Å². The van der Waals surface area contributed by atoms with Gasteiger partial charge in [0.1, 0.15) is 12.6 Å². The number of methoxy groups -OCH3 is 1. The Morgan fingerprint density at radius 2 is 1.96 bits per heavy atom. The Morgan fingerprint density at radius 1 is 1.24 bits per heavy atom. The van der Waals surface area contributed by atoms with E-state index in [1.54, 1.807) is 30.3 Å². The Hall–Kier alpha value is -2.60. The normalized spacial score (nSPS) is 11.5. The van der Waals surface area contributed by atoms with Crippen LogP contribution in [0.1, 0.15) is 22.8 Å². The highest BCUT2D eigenvalue weighted by atomic mass is 35.5. The summed E-state index contributed by atoms with van der Waals surface area (Å²) in [4.78, 5) is 24.1. The summed E-state index contributed by atoms with van der Waals surface area (Å²) in [7, 11) is 1.36. The number of halogens is 2. The third-order valence-corrected chi connectivity index (χ3v) is 3.75. The molecule has 132 valence electrons. The summed E-state index contributed by atoms with van der Waals surface area (Å²) in [6, 6.07) is 9.87. The van der Waals surface area contributed by atoms with Gasteiger partial charge in [0, 0.05) is 0 Å². The van der Waals surface area contributed by atoms with E-state index in [4.69, 9.17) is 21.1 Å². The van der Waals surface area contributed by atoms with E-state index in [-0.39, 0.29) is 22.9 Å². The van der Waals surface area contributed by atoms with Gasteiger partial charge in [0.2, 0.25) is 0 Å². The number of ether oxygens (including phenoxy) is 2. The molecule has 0 aliphatic rings. The maximum Gasteiger partial charge on any atom is 0.328 e. The summed E-state index contributed by atoms with van der Waals surface area (Å²) in [5.74, 6) is -1.56. The van der Waals surface area contributed by atoms with Crippen molar-refractivity contribution in [2.75, 3.05) is 7.11 Å². The number of benzene rings is 2. The zero-order valence-electron chi connectivity index (χ0n) is 13.7. The molecule has 0 aliphatic heterocycles. The SMILES string of the molecule is COc1ccc(COC(=O)[C@H](C)NC(=O)c2ccccc2Cl)cc1F. The van der Waals surface area contributed by atoms with Crippen LogP contribution in [0, 0.1) is 5.82 Å². The lowest BCUT2D eigenvalue weighted by atomic mass is 10.2. The zero-order valence-corrected chi connectivity index (χ0v) is 14.5. The second-order valence-electron chi connectivity index (χ2n) is 5.25. The van der Waals surface area contributed by atoms with Crippen LogP contribution in [-0.2, 0) is 16.1 Å². The zero-order chi connectivity index (χ0) is 18.4. The maximum atomic E-state index is 13.6. The summed E-state index contributed by atoms with van der Waals surface area (Å²) in [5, 5.41) is 2.80. The van der Waals surface area contributed by atoms with E-state index < -0.39 is 23.7 Å². The summed E-state index contributed by atoms with van der Waals surface area (Å²) < 4.78 is 23.5. The fourth-order valence-corrected chi connectivity index (χ4v) is 2.28. The molecule has 2 aromatic carbocycles. The fourth-order valence-electron chi connectivity index (χ4n) is 2.06. The molecule has 7 heteroatoms. The fraction of sp³-hybridized carbons (Fsp3) is 0.222. The lowest BCUT2D eigenvalue weighted by Gasteiger charge is -2.14. The van der Waals surface area contributed by atoms with Gasteiger partial charge in [-0.2, -0.15) is 0 Å². The Bertz CT molecular complexity index is 781. The first-order valence-electron chi connectivity index (χ1n) is 7.47. The summed E-state index contributed by atoms with van der Waals surface area (Å²) >= 11 is 5.94. The summed E-state index contributed by atoms with van der Waals surface area (Å²) in [6.07, 6.45) is 0. The Labute approximate surface area is 149 Å². The second-order valence-corrected chi connectivity index (χ2v) is 5.66. The van der Waals surface area contributed by atoms with Crippen molar-refractivity contribution < 1.29 is 23.5 Å². The van der Waals surface area contributed by atoms with Crippen LogP contribution in [0.2, 0.25) is 5.02 Å². The van der Waals surface area contributed by atoms with E-state index in [1.807, 2.05) is 0 Å². The van der Waals surface area contributed by atoms with E-state index >= 15 is 0 Å². The third kappa shape index (κ3) is 4.93. The molecule has 25 heavy (non-hydrogen) atoms. The lowest BCUT2D eigenvalue weighted by Crippen LogP contribution is -2.39. The molecule has 0 aliphatic carbocycles. The largest absolute Gasteiger partial charge is 0.494 e. The van der Waals surface area contributed by atoms with Gasteiger partial charge in [0.15, 0.2) is 11.6 Å². The Balaban J connectivity index is 1.91. The van der Waals surface area contributed by atoms with Gasteiger partial charge in [0.25, 0.3) is 5.91 Å². The monoisotopic (exact) mass is 365 g/mol. The first-order chi connectivity index (χ1) is 11.9. The Kier molecular flexibility index (Phi) is 6.36. The van der Waals surface area contributed by atoms with E-state index in [2.05, 4.69) is 5.32 Å². The molecule has 1 amide bonds. The molecule has 0 heterocycles. The van der Waals surface area contributed by atoms with Crippen LogP contribution in [0.25, 0.3) is 0 Å². The summed E-state index contributed by atoms with van der Waals surface area (Å²) in [6.45, 7) is 1.37. The van der Waals surface area contributed by atoms with Crippen LogP contribution in [-0.4, -0.2) is 25.0 Å². The van der Waals surface area contributed by atoms with Crippen LogP contribution in [0.5, 0.6) is 5.75 Å². The van der Waals surface area contributed by atoms with Crippen LogP contribution in [0.15, 0.2) is 42.5 Å². The molecule has 0 spiro atoms. The molecule has 1 atom stereocenters. The lowest BCUT2D eigenvalue weighted by molar-refractivity contribution is -0.146. The summed E-state index contributed by atoms with van der Waals surface area (Å²) in [5.41, 5.74) is 0.734. The van der Waals surface area contributed by atoms with E-state index in [0.717, 1.165) is 0 Å². The molecule has 0 radical (unpaired) electrons. The molecule has 0 saturated carbocycles. The van der Waals surface area contributed by atoms with Crippen LogP contribution in [0.4, 0.5) is 4.39 Å². The molecule has 0 unspecified atom stereocenters. The third-order valence-electron chi connectivity index (χ3n) is 3.42. The predicted molar refractivity (Wildman–Crippen MR) is 91.1 cm³/mol. The molecule has 1 N–H and O–H groups in total. The molecule has 2 aromatic rings. The van der Waals surface area contributed by atoms with Crippen molar-refractivity contribution in [3.63, 3.8) is 0 Å². The van der Waals surface area contributed by atoms with Gasteiger partial charge in [-0.3, -0.25) is 4.79 Å². The highest BCUT2D eigenvalue weighted by Crippen LogP contribution is 2.18. The van der Waals surface area contributed by atoms with Gasteiger partial charge < -0.3 is 14.8 Å². The van der Waals surface area contributed by atoms with Crippen LogP contribution < -0.4 is 10.1 Å². The smallest absolute Gasteiger partial charge is 0.328 e. The van der Waals surface area contributed by atoms with Gasteiger partial charge in [-0.25, -0.2) is 9.18 Å². The van der Waals surface area contributed by atoms with Crippen molar-refractivity contribution in [2.24, 2.45) is 0 Å². The minimum absolute atomic E-state index is 0.107. The van der Waals surface area contributed by atoms with Crippen LogP contribution in [0.3, 0.4) is 0 Å². The average Bonchev–Trinajstić information content (AvgIpc) is 2.60. The second kappa shape index (κ2) is 8.48. The van der Waals surface area contributed by atoms with Crippen molar-refractivity contribution in [3.05, 3.63) is 64.4 Å². The van der Waals surface area contributed by atoms with Crippen molar-refractivity contribution >= 4 is 23.5 Å². The minimum atomic E-state index is -0.883. The average molecular weight is 366 g/mol. The Morgan fingerprint density at radius 3 is 2.60 bits per heavy atom. The van der Waals surface area contributed by atoms with Gasteiger partial charge in [-0.15, -0.1) is 0 Å². The van der Waals surface area contributed by atoms with E-state index in [1.165, 1.54) is 26.2 Å². The predicted octanol–water partition coefficient (Wildman–Crippen LogP) is 3.35. The van der Waals surface area contributed by atoms with Gasteiger partial charge >= 0.3 is 5.97 Å². The van der Waals surface area contributed by atoms with Crippen LogP contribution >= 0.6 is 11.6 Å². The first-order valence-corrected chi connectivity index (χ1v) is 7.84. The minimum Gasteiger partial charge on any atom is -0.494 e. The van der Waals surface area contributed by atoms with Crippen molar-refractivity contribution in [2.45, 2.75) is 19.6 Å². The number of hydrogen-bond acceptors (Lipinski definition) is 4. The molecule has 0 bridgehead atoms. The number of carbonyl (C=O) groups excluding carboxylic acids is 2. The van der Waals surface area contributed by atoms with E-state index in [9.17, 15) is 14.0 Å². The van der Waals surface area contributed by atoms with Crippen molar-refractivity contribution in [1.29, 1.82) is 0 Å². The highest BCUT2D eigenvalue weighted by Gasteiger charge is 2.19. The molecule has 0 aromatic heterocycles. The number of nitrogens with one attached hydrogen (secondary N) is 1. The standard InChI is InChI=1S/C18H17ClFNO4/c1-11(21-17(22)13-5-3-4-6-14(13)19)18(23)25-10-12-7-8-16(24-2)15(20)9-12/h3-9,11H,10H2,1-2H3,(H,21,22)/t11-/m0/s1. The quantitative estimate of drug-likeness (QED) is 0.797. The molecule has 0 fully saturated rings. The molecular formula is C18H17ClFNO4. The number of carbonyl (C=O) groups is 2. The van der Waals surface area contributed by atoms with Crippen molar-refractivity contribution in [1.82, 2.24) is 5.32 Å². The van der Waals surface area contributed by atoms with Gasteiger partial charge in [-0.1, -0.05) is 29.8 Å². The molecule has 2 rings (SSSR count). The molecule has 0 saturated heterocycles. The molecular weight excluding hydrogens is 349 g/mol. The number of esters is 1. The van der Waals surface area contributed by atoms with Crippen molar-refractivity contribution in [3.8, 4) is 5.75 Å².